The van der Waals surface area contributed by atoms with E-state index in [0.717, 1.165) is 29.7 Å². The lowest BCUT2D eigenvalue weighted by Crippen LogP contribution is -2.30. The lowest BCUT2D eigenvalue weighted by molar-refractivity contribution is 0.437. The van der Waals surface area contributed by atoms with Gasteiger partial charge in [0.25, 0.3) is 0 Å². The predicted molar refractivity (Wildman–Crippen MR) is 125 cm³/mol. The van der Waals surface area contributed by atoms with Crippen molar-refractivity contribution in [3.8, 4) is 0 Å². The molecule has 154 valence electrons. The molecule has 1 aliphatic rings. The van der Waals surface area contributed by atoms with Gasteiger partial charge in [-0.15, -0.1) is 6.58 Å². The summed E-state index contributed by atoms with van der Waals surface area (Å²) >= 11 is 4.14. The van der Waals surface area contributed by atoms with Gasteiger partial charge in [-0.1, -0.05) is 37.1 Å². The summed E-state index contributed by atoms with van der Waals surface area (Å²) in [6.07, 6.45) is 11.6. The Bertz CT molecular complexity index is 852. The van der Waals surface area contributed by atoms with Gasteiger partial charge in [0.1, 0.15) is 5.82 Å². The quantitative estimate of drug-likeness (QED) is 0.269. The van der Waals surface area contributed by atoms with Gasteiger partial charge in [0, 0.05) is 19.0 Å². The SMILES string of the molecule is C=C/C(=C\NC)CC1(C=C)CC(=CN)C(=Nc2ccc(F)cc2)C=C1CCNS. The number of allylic oxidation sites excluding steroid dienone is 5. The maximum absolute atomic E-state index is 13.2. The first-order chi connectivity index (χ1) is 14.0. The van der Waals surface area contributed by atoms with Crippen LogP contribution < -0.4 is 15.8 Å². The maximum atomic E-state index is 13.2. The molecule has 1 unspecified atom stereocenters. The van der Waals surface area contributed by atoms with Crippen molar-refractivity contribution in [2.75, 3.05) is 13.6 Å². The van der Waals surface area contributed by atoms with Gasteiger partial charge in [-0.05, 0) is 73.2 Å². The van der Waals surface area contributed by atoms with Crippen LogP contribution in [0.5, 0.6) is 0 Å². The van der Waals surface area contributed by atoms with E-state index in [4.69, 9.17) is 10.7 Å². The molecule has 1 atom stereocenters. The molecule has 0 amide bonds. The van der Waals surface area contributed by atoms with E-state index >= 15 is 0 Å². The molecular weight excluding hydrogens is 383 g/mol. The summed E-state index contributed by atoms with van der Waals surface area (Å²) in [5, 5.41) is 3.07. The van der Waals surface area contributed by atoms with Crippen LogP contribution in [0.15, 0.2) is 89.8 Å². The Hall–Kier alpha value is -2.57. The summed E-state index contributed by atoms with van der Waals surface area (Å²) in [7, 11) is 1.87. The van der Waals surface area contributed by atoms with Crippen molar-refractivity contribution >= 4 is 24.2 Å². The van der Waals surface area contributed by atoms with Gasteiger partial charge in [-0.2, -0.15) is 0 Å². The number of hydrogen-bond donors (Lipinski definition) is 4. The number of rotatable bonds is 9. The Morgan fingerprint density at radius 2 is 2.07 bits per heavy atom. The van der Waals surface area contributed by atoms with Crippen molar-refractivity contribution in [3.05, 3.63) is 90.6 Å². The molecule has 1 aromatic rings. The highest BCUT2D eigenvalue weighted by molar-refractivity contribution is 7.78. The van der Waals surface area contributed by atoms with Gasteiger partial charge in [0.15, 0.2) is 0 Å². The molecule has 29 heavy (non-hydrogen) atoms. The smallest absolute Gasteiger partial charge is 0.123 e. The van der Waals surface area contributed by atoms with Crippen molar-refractivity contribution < 1.29 is 4.39 Å². The van der Waals surface area contributed by atoms with E-state index < -0.39 is 0 Å². The molecule has 0 saturated heterocycles. The number of aliphatic imine (C=N–C) groups is 1. The molecule has 0 radical (unpaired) electrons. The second kappa shape index (κ2) is 10.8. The number of nitrogens with two attached hydrogens (primary N) is 1. The summed E-state index contributed by atoms with van der Waals surface area (Å²) in [6.45, 7) is 8.78. The molecule has 0 saturated carbocycles. The molecule has 1 aliphatic carbocycles. The molecule has 0 bridgehead atoms. The van der Waals surface area contributed by atoms with Gasteiger partial charge in [0.05, 0.1) is 11.4 Å². The van der Waals surface area contributed by atoms with Crippen LogP contribution in [0.4, 0.5) is 10.1 Å². The molecule has 0 fully saturated rings. The molecule has 2 rings (SSSR count). The number of thiol groups is 1. The van der Waals surface area contributed by atoms with Gasteiger partial charge < -0.3 is 11.1 Å². The average Bonchev–Trinajstić information content (AvgIpc) is 2.74. The van der Waals surface area contributed by atoms with E-state index in [9.17, 15) is 4.39 Å². The van der Waals surface area contributed by atoms with Gasteiger partial charge in [-0.25, -0.2) is 9.38 Å². The van der Waals surface area contributed by atoms with Crippen LogP contribution in [-0.2, 0) is 0 Å². The first kappa shape index (κ1) is 22.7. The average molecular weight is 413 g/mol. The van der Waals surface area contributed by atoms with Crippen LogP contribution in [-0.4, -0.2) is 19.3 Å². The van der Waals surface area contributed by atoms with E-state index in [-0.39, 0.29) is 11.2 Å². The summed E-state index contributed by atoms with van der Waals surface area (Å²) in [5.41, 5.74) is 10.3. The monoisotopic (exact) mass is 412 g/mol. The van der Waals surface area contributed by atoms with E-state index in [1.54, 1.807) is 18.3 Å². The fourth-order valence-corrected chi connectivity index (χ4v) is 3.66. The lowest BCUT2D eigenvalue weighted by atomic mass is 9.66. The van der Waals surface area contributed by atoms with Gasteiger partial charge in [0.2, 0.25) is 0 Å². The Morgan fingerprint density at radius 3 is 2.62 bits per heavy atom. The number of hydrogen-bond acceptors (Lipinski definition) is 5. The summed E-state index contributed by atoms with van der Waals surface area (Å²) in [6, 6.07) is 6.10. The number of halogens is 1. The van der Waals surface area contributed by atoms with E-state index in [1.807, 2.05) is 25.4 Å². The Balaban J connectivity index is 2.55. The zero-order chi connectivity index (χ0) is 21.3. The Kier molecular flexibility index (Phi) is 8.49. The lowest BCUT2D eigenvalue weighted by Gasteiger charge is -2.38. The van der Waals surface area contributed by atoms with E-state index in [0.29, 0.717) is 18.7 Å². The van der Waals surface area contributed by atoms with Crippen molar-refractivity contribution in [1.29, 1.82) is 0 Å². The van der Waals surface area contributed by atoms with Crippen LogP contribution in [0.25, 0.3) is 0 Å². The summed E-state index contributed by atoms with van der Waals surface area (Å²) in [5.74, 6) is -0.290. The molecular formula is C23H29FN4S. The first-order valence-corrected chi connectivity index (χ1v) is 9.92. The van der Waals surface area contributed by atoms with Crippen LogP contribution >= 0.6 is 12.8 Å². The second-order valence-electron chi connectivity index (χ2n) is 6.92. The van der Waals surface area contributed by atoms with Crippen LogP contribution in [0.1, 0.15) is 19.3 Å². The summed E-state index contributed by atoms with van der Waals surface area (Å²) < 4.78 is 16.2. The highest BCUT2D eigenvalue weighted by atomic mass is 32.1. The van der Waals surface area contributed by atoms with Gasteiger partial charge >= 0.3 is 0 Å². The number of benzene rings is 1. The number of nitrogens with one attached hydrogen (secondary N) is 2. The molecule has 0 heterocycles. The van der Waals surface area contributed by atoms with Crippen molar-refractivity contribution in [1.82, 2.24) is 10.0 Å². The van der Waals surface area contributed by atoms with E-state index in [2.05, 4.69) is 42.1 Å². The van der Waals surface area contributed by atoms with Crippen molar-refractivity contribution in [2.45, 2.75) is 19.3 Å². The molecule has 6 heteroatoms. The summed E-state index contributed by atoms with van der Waals surface area (Å²) in [4.78, 5) is 4.71. The minimum absolute atomic E-state index is 0.290. The van der Waals surface area contributed by atoms with Crippen LogP contribution in [0.3, 0.4) is 0 Å². The van der Waals surface area contributed by atoms with E-state index in [1.165, 1.54) is 17.7 Å². The Labute approximate surface area is 178 Å². The van der Waals surface area contributed by atoms with Crippen LogP contribution in [0.2, 0.25) is 0 Å². The third-order valence-corrected chi connectivity index (χ3v) is 5.29. The minimum atomic E-state index is -0.311. The molecule has 0 aliphatic heterocycles. The molecule has 0 aromatic heterocycles. The third kappa shape index (κ3) is 5.71. The minimum Gasteiger partial charge on any atom is -0.404 e. The maximum Gasteiger partial charge on any atom is 0.123 e. The van der Waals surface area contributed by atoms with Gasteiger partial charge in [-0.3, -0.25) is 4.72 Å². The number of nitrogens with zero attached hydrogens (tertiary/aromatic N) is 1. The second-order valence-corrected chi connectivity index (χ2v) is 7.24. The fourth-order valence-electron chi connectivity index (χ4n) is 3.54. The highest BCUT2D eigenvalue weighted by Gasteiger charge is 2.36. The Morgan fingerprint density at radius 1 is 1.34 bits per heavy atom. The van der Waals surface area contributed by atoms with Crippen molar-refractivity contribution in [2.24, 2.45) is 16.1 Å². The van der Waals surface area contributed by atoms with Crippen molar-refractivity contribution in [3.63, 3.8) is 0 Å². The fraction of sp³-hybridized carbons (Fsp3) is 0.261. The standard InChI is InChI=1S/C23H29FN4S/c1-4-17(16-26-3)13-23(5-2)14-18(15-25)22(12-19(23)10-11-27-29)28-21-8-6-20(24)7-9-21/h4-9,12,15-16,26-27,29H,1-2,10-11,13-14,25H2,3H3/b17-16+,18-15?,28-22?. The zero-order valence-corrected chi connectivity index (χ0v) is 17.7. The topological polar surface area (TPSA) is 62.4 Å². The highest BCUT2D eigenvalue weighted by Crippen LogP contribution is 2.46. The normalized spacial score (nSPS) is 22.4. The first-order valence-electron chi connectivity index (χ1n) is 9.47. The van der Waals surface area contributed by atoms with Crippen LogP contribution in [0, 0.1) is 11.2 Å². The predicted octanol–water partition coefficient (Wildman–Crippen LogP) is 4.75. The molecule has 4 nitrogen and oxygen atoms in total. The zero-order valence-electron chi connectivity index (χ0n) is 16.8. The third-order valence-electron chi connectivity index (χ3n) is 5.07. The molecule has 4 N–H and O–H groups in total. The largest absolute Gasteiger partial charge is 0.404 e. The molecule has 1 aromatic carbocycles. The molecule has 0 spiro atoms.